The van der Waals surface area contributed by atoms with Gasteiger partial charge in [-0.05, 0) is 51.0 Å². The Balaban J connectivity index is 1.93. The Labute approximate surface area is 169 Å². The number of rotatable bonds is 7. The molecule has 6 nitrogen and oxygen atoms in total. The molecule has 0 fully saturated rings. The maximum Gasteiger partial charge on any atom is 0.230 e. The van der Waals surface area contributed by atoms with E-state index in [1.54, 1.807) is 12.4 Å². The second kappa shape index (κ2) is 8.56. The van der Waals surface area contributed by atoms with Crippen molar-refractivity contribution in [2.75, 3.05) is 5.75 Å². The van der Waals surface area contributed by atoms with Crippen molar-refractivity contribution in [3.63, 3.8) is 0 Å². The minimum absolute atomic E-state index is 0.0124. The molecule has 28 heavy (non-hydrogen) atoms. The molecule has 0 bridgehead atoms. The number of aryl methyl sites for hydroxylation is 1. The molecule has 1 aromatic carbocycles. The van der Waals surface area contributed by atoms with Crippen molar-refractivity contribution < 1.29 is 4.79 Å². The van der Waals surface area contributed by atoms with Gasteiger partial charge < -0.3 is 5.32 Å². The van der Waals surface area contributed by atoms with Gasteiger partial charge in [-0.15, -0.1) is 10.2 Å². The van der Waals surface area contributed by atoms with Crippen LogP contribution in [0, 0.1) is 6.92 Å². The highest BCUT2D eigenvalue weighted by Crippen LogP contribution is 2.29. The van der Waals surface area contributed by atoms with Gasteiger partial charge in [0.15, 0.2) is 11.0 Å². The summed E-state index contributed by atoms with van der Waals surface area (Å²) in [5.41, 5.74) is 2.81. The number of amides is 1. The van der Waals surface area contributed by atoms with Gasteiger partial charge in [0.1, 0.15) is 0 Å². The van der Waals surface area contributed by atoms with E-state index in [9.17, 15) is 4.79 Å². The van der Waals surface area contributed by atoms with Gasteiger partial charge in [-0.3, -0.25) is 14.3 Å². The van der Waals surface area contributed by atoms with E-state index in [4.69, 9.17) is 0 Å². The number of hydrogen-bond acceptors (Lipinski definition) is 5. The number of benzene rings is 1. The molecule has 1 amide bonds. The molecule has 0 spiro atoms. The Bertz CT molecular complexity index is 952. The van der Waals surface area contributed by atoms with Crippen LogP contribution in [0.3, 0.4) is 0 Å². The summed E-state index contributed by atoms with van der Waals surface area (Å²) < 4.78 is 2.01. The first-order valence-electron chi connectivity index (χ1n) is 9.27. The van der Waals surface area contributed by atoms with Gasteiger partial charge >= 0.3 is 0 Å². The van der Waals surface area contributed by atoms with Crippen molar-refractivity contribution in [3.8, 4) is 17.1 Å². The highest BCUT2D eigenvalue weighted by molar-refractivity contribution is 7.99. The smallest absolute Gasteiger partial charge is 0.230 e. The Morgan fingerprint density at radius 3 is 2.54 bits per heavy atom. The SMILES string of the molecule is CCC(C)(C)NC(=O)CSc1nnc(-c2ccncc2)n1-c1ccccc1C. The molecule has 0 aliphatic heterocycles. The van der Waals surface area contributed by atoms with E-state index in [1.807, 2.05) is 48.7 Å². The molecule has 0 radical (unpaired) electrons. The molecule has 0 unspecified atom stereocenters. The summed E-state index contributed by atoms with van der Waals surface area (Å²) in [6, 6.07) is 11.9. The third-order valence-electron chi connectivity index (χ3n) is 4.62. The highest BCUT2D eigenvalue weighted by atomic mass is 32.2. The van der Waals surface area contributed by atoms with Gasteiger partial charge in [0.05, 0.1) is 11.4 Å². The van der Waals surface area contributed by atoms with Crippen molar-refractivity contribution in [3.05, 3.63) is 54.4 Å². The first kappa shape index (κ1) is 20.1. The Morgan fingerprint density at radius 2 is 1.86 bits per heavy atom. The third kappa shape index (κ3) is 4.59. The molecular weight excluding hydrogens is 370 g/mol. The molecule has 0 atom stereocenters. The maximum atomic E-state index is 12.4. The monoisotopic (exact) mass is 395 g/mol. The van der Waals surface area contributed by atoms with Crippen LogP contribution < -0.4 is 5.32 Å². The lowest BCUT2D eigenvalue weighted by atomic mass is 10.0. The molecule has 7 heteroatoms. The fraction of sp³-hybridized carbons (Fsp3) is 0.333. The summed E-state index contributed by atoms with van der Waals surface area (Å²) in [6.45, 7) is 8.15. The fourth-order valence-corrected chi connectivity index (χ4v) is 3.46. The van der Waals surface area contributed by atoms with Crippen LogP contribution in [0.4, 0.5) is 0 Å². The zero-order valence-electron chi connectivity index (χ0n) is 16.6. The van der Waals surface area contributed by atoms with Crippen LogP contribution in [-0.4, -0.2) is 36.9 Å². The van der Waals surface area contributed by atoms with Crippen molar-refractivity contribution >= 4 is 17.7 Å². The predicted molar refractivity (Wildman–Crippen MR) is 113 cm³/mol. The Kier molecular flexibility index (Phi) is 6.14. The summed E-state index contributed by atoms with van der Waals surface area (Å²) in [4.78, 5) is 16.5. The van der Waals surface area contributed by atoms with Crippen molar-refractivity contribution in [2.24, 2.45) is 0 Å². The molecule has 3 aromatic rings. The fourth-order valence-electron chi connectivity index (χ4n) is 2.71. The second-order valence-corrected chi connectivity index (χ2v) is 8.18. The molecule has 146 valence electrons. The van der Waals surface area contributed by atoms with E-state index < -0.39 is 0 Å². The average molecular weight is 396 g/mol. The van der Waals surface area contributed by atoms with E-state index >= 15 is 0 Å². The minimum Gasteiger partial charge on any atom is -0.351 e. The van der Waals surface area contributed by atoms with Crippen LogP contribution in [0.5, 0.6) is 0 Å². The van der Waals surface area contributed by atoms with Crippen molar-refractivity contribution in [1.29, 1.82) is 0 Å². The zero-order valence-corrected chi connectivity index (χ0v) is 17.5. The molecule has 2 heterocycles. The zero-order chi connectivity index (χ0) is 20.1. The van der Waals surface area contributed by atoms with Crippen LogP contribution in [-0.2, 0) is 4.79 Å². The molecule has 3 rings (SSSR count). The largest absolute Gasteiger partial charge is 0.351 e. The molecule has 0 aliphatic carbocycles. The minimum atomic E-state index is -0.219. The summed E-state index contributed by atoms with van der Waals surface area (Å²) in [5.74, 6) is 0.999. The quantitative estimate of drug-likeness (QED) is 0.612. The normalized spacial score (nSPS) is 11.4. The average Bonchev–Trinajstić information content (AvgIpc) is 3.11. The summed E-state index contributed by atoms with van der Waals surface area (Å²) in [7, 11) is 0. The van der Waals surface area contributed by atoms with E-state index in [2.05, 4.69) is 40.4 Å². The maximum absolute atomic E-state index is 12.4. The molecular formula is C21H25N5OS. The number of pyridine rings is 1. The van der Waals surface area contributed by atoms with Crippen molar-refractivity contribution in [1.82, 2.24) is 25.1 Å². The van der Waals surface area contributed by atoms with Crippen molar-refractivity contribution in [2.45, 2.75) is 44.8 Å². The lowest BCUT2D eigenvalue weighted by Crippen LogP contribution is -2.43. The van der Waals surface area contributed by atoms with E-state index in [-0.39, 0.29) is 17.2 Å². The lowest BCUT2D eigenvalue weighted by molar-refractivity contribution is -0.120. The third-order valence-corrected chi connectivity index (χ3v) is 5.55. The van der Waals surface area contributed by atoms with Crippen LogP contribution in [0.2, 0.25) is 0 Å². The second-order valence-electron chi connectivity index (χ2n) is 7.24. The van der Waals surface area contributed by atoms with Gasteiger partial charge in [0.2, 0.25) is 5.91 Å². The number of thioether (sulfide) groups is 1. The van der Waals surface area contributed by atoms with Crippen LogP contribution in [0.1, 0.15) is 32.8 Å². The lowest BCUT2D eigenvalue weighted by Gasteiger charge is -2.24. The highest BCUT2D eigenvalue weighted by Gasteiger charge is 2.21. The Morgan fingerprint density at radius 1 is 1.14 bits per heavy atom. The summed E-state index contributed by atoms with van der Waals surface area (Å²) >= 11 is 1.39. The number of hydrogen-bond donors (Lipinski definition) is 1. The van der Waals surface area contributed by atoms with Gasteiger partial charge in [-0.25, -0.2) is 0 Å². The van der Waals surface area contributed by atoms with Gasteiger partial charge in [0.25, 0.3) is 0 Å². The number of nitrogens with one attached hydrogen (secondary N) is 1. The molecule has 0 saturated carbocycles. The van der Waals surface area contributed by atoms with Crippen LogP contribution >= 0.6 is 11.8 Å². The number of nitrogens with zero attached hydrogens (tertiary/aromatic N) is 4. The summed E-state index contributed by atoms with van der Waals surface area (Å²) in [5, 5.41) is 12.5. The molecule has 0 saturated heterocycles. The van der Waals surface area contributed by atoms with Gasteiger partial charge in [-0.2, -0.15) is 0 Å². The van der Waals surface area contributed by atoms with Gasteiger partial charge in [-0.1, -0.05) is 36.9 Å². The molecule has 2 aromatic heterocycles. The topological polar surface area (TPSA) is 72.7 Å². The number of para-hydroxylation sites is 1. The first-order valence-corrected chi connectivity index (χ1v) is 10.3. The van der Waals surface area contributed by atoms with Crippen LogP contribution in [0.25, 0.3) is 17.1 Å². The van der Waals surface area contributed by atoms with E-state index in [0.717, 1.165) is 29.1 Å². The standard InChI is InChI=1S/C21H25N5OS/c1-5-21(3,4)23-18(27)14-28-20-25-24-19(16-10-12-22-13-11-16)26(20)17-9-7-6-8-15(17)2/h6-13H,5,14H2,1-4H3,(H,23,27). The first-order chi connectivity index (χ1) is 13.4. The summed E-state index contributed by atoms with van der Waals surface area (Å²) in [6.07, 6.45) is 4.34. The number of carbonyl (C=O) groups excluding carboxylic acids is 1. The molecule has 0 aliphatic rings. The molecule has 1 N–H and O–H groups in total. The predicted octanol–water partition coefficient (Wildman–Crippen LogP) is 4.03. The van der Waals surface area contributed by atoms with E-state index in [1.165, 1.54) is 11.8 Å². The van der Waals surface area contributed by atoms with E-state index in [0.29, 0.717) is 5.16 Å². The number of aromatic nitrogens is 4. The van der Waals surface area contributed by atoms with Crippen LogP contribution in [0.15, 0.2) is 53.9 Å². The number of carbonyl (C=O) groups is 1. The van der Waals surface area contributed by atoms with Gasteiger partial charge in [0, 0.05) is 23.5 Å². The Hall–Kier alpha value is -2.67.